The molecule has 76 valence electrons. The van der Waals surface area contributed by atoms with E-state index in [0.717, 1.165) is 11.6 Å². The van der Waals surface area contributed by atoms with E-state index in [1.165, 1.54) is 14.2 Å². The first-order chi connectivity index (χ1) is 6.79. The molecule has 0 heterocycles. The van der Waals surface area contributed by atoms with Crippen LogP contribution >= 0.6 is 8.15 Å². The highest BCUT2D eigenvalue weighted by molar-refractivity contribution is 7.64. The summed E-state index contributed by atoms with van der Waals surface area (Å²) in [5.74, 6) is 0. The molecular formula is C10H12FO2P. The SMILES string of the molecule is CO/C=C(\F)P(OC)c1ccccc1. The smallest absolute Gasteiger partial charge is 0.188 e. The number of halogens is 1. The Hall–Kier alpha value is -0.920. The van der Waals surface area contributed by atoms with Crippen molar-refractivity contribution in [2.24, 2.45) is 0 Å². The van der Waals surface area contributed by atoms with Crippen LogP contribution in [0.1, 0.15) is 0 Å². The van der Waals surface area contributed by atoms with Crippen molar-refractivity contribution in [1.29, 1.82) is 0 Å². The maximum atomic E-state index is 13.4. The predicted molar refractivity (Wildman–Crippen MR) is 56.2 cm³/mol. The summed E-state index contributed by atoms with van der Waals surface area (Å²) in [5.41, 5.74) is -0.379. The summed E-state index contributed by atoms with van der Waals surface area (Å²) in [4.78, 5) is 0. The van der Waals surface area contributed by atoms with E-state index in [1.54, 1.807) is 0 Å². The van der Waals surface area contributed by atoms with Crippen LogP contribution < -0.4 is 5.30 Å². The van der Waals surface area contributed by atoms with Gasteiger partial charge in [-0.1, -0.05) is 30.3 Å². The summed E-state index contributed by atoms with van der Waals surface area (Å²) in [7, 11) is 1.55. The second-order valence-corrected chi connectivity index (χ2v) is 4.39. The zero-order chi connectivity index (χ0) is 10.4. The third-order valence-electron chi connectivity index (χ3n) is 1.58. The third kappa shape index (κ3) is 2.79. The van der Waals surface area contributed by atoms with Crippen molar-refractivity contribution in [2.45, 2.75) is 0 Å². The fraction of sp³-hybridized carbons (Fsp3) is 0.200. The van der Waals surface area contributed by atoms with Crippen molar-refractivity contribution in [3.05, 3.63) is 42.2 Å². The number of rotatable bonds is 4. The van der Waals surface area contributed by atoms with Gasteiger partial charge in [0.15, 0.2) is 5.57 Å². The topological polar surface area (TPSA) is 18.5 Å². The largest absolute Gasteiger partial charge is 0.501 e. The van der Waals surface area contributed by atoms with Crippen LogP contribution in [0.15, 0.2) is 42.2 Å². The minimum Gasteiger partial charge on any atom is -0.501 e. The van der Waals surface area contributed by atoms with E-state index in [4.69, 9.17) is 4.52 Å². The van der Waals surface area contributed by atoms with Crippen molar-refractivity contribution < 1.29 is 13.7 Å². The van der Waals surface area contributed by atoms with Crippen molar-refractivity contribution in [2.75, 3.05) is 14.2 Å². The van der Waals surface area contributed by atoms with Crippen LogP contribution in [0.2, 0.25) is 0 Å². The molecule has 0 bridgehead atoms. The van der Waals surface area contributed by atoms with Crippen LogP contribution in [-0.4, -0.2) is 14.2 Å². The standard InChI is InChI=1S/C10H12FO2P/c1-12-8-10(11)14(13-2)9-6-4-3-5-7-9/h3-8H,1-2H3/b10-8+. The Labute approximate surface area is 84.2 Å². The van der Waals surface area contributed by atoms with Gasteiger partial charge in [-0.2, -0.15) is 0 Å². The Balaban J connectivity index is 2.88. The normalized spacial score (nSPS) is 13.8. The first kappa shape index (κ1) is 11.2. The highest BCUT2D eigenvalue weighted by Gasteiger charge is 2.16. The molecule has 0 N–H and O–H groups in total. The summed E-state index contributed by atoms with van der Waals surface area (Å²) in [6.07, 6.45) is 1.07. The molecular weight excluding hydrogens is 202 g/mol. The molecule has 0 aromatic heterocycles. The summed E-state index contributed by atoms with van der Waals surface area (Å²) in [6, 6.07) is 9.24. The lowest BCUT2D eigenvalue weighted by molar-refractivity contribution is 0.326. The number of hydrogen-bond acceptors (Lipinski definition) is 2. The Morgan fingerprint density at radius 3 is 2.43 bits per heavy atom. The van der Waals surface area contributed by atoms with E-state index in [1.807, 2.05) is 30.3 Å². The second kappa shape index (κ2) is 5.74. The molecule has 1 atom stereocenters. The maximum absolute atomic E-state index is 13.4. The van der Waals surface area contributed by atoms with Gasteiger partial charge in [0.25, 0.3) is 0 Å². The number of benzene rings is 1. The molecule has 1 unspecified atom stereocenters. The summed E-state index contributed by atoms with van der Waals surface area (Å²) in [5, 5.41) is 0.829. The highest BCUT2D eigenvalue weighted by atomic mass is 31.1. The lowest BCUT2D eigenvalue weighted by Gasteiger charge is -2.12. The Bertz CT molecular complexity index is 300. The average Bonchev–Trinajstić information content (AvgIpc) is 2.21. The van der Waals surface area contributed by atoms with Crippen LogP contribution in [0.4, 0.5) is 4.39 Å². The van der Waals surface area contributed by atoms with Crippen molar-refractivity contribution in [3.8, 4) is 0 Å². The maximum Gasteiger partial charge on any atom is 0.188 e. The van der Waals surface area contributed by atoms with Crippen LogP contribution in [-0.2, 0) is 9.26 Å². The van der Waals surface area contributed by atoms with Gasteiger partial charge in [0, 0.05) is 12.4 Å². The molecule has 0 aliphatic carbocycles. The van der Waals surface area contributed by atoms with Gasteiger partial charge in [0.05, 0.1) is 7.11 Å². The van der Waals surface area contributed by atoms with E-state index >= 15 is 0 Å². The summed E-state index contributed by atoms with van der Waals surface area (Å²) < 4.78 is 23.1. The number of hydrogen-bond donors (Lipinski definition) is 0. The van der Waals surface area contributed by atoms with Gasteiger partial charge in [-0.25, -0.2) is 4.39 Å². The molecule has 0 saturated carbocycles. The average molecular weight is 214 g/mol. The first-order valence-electron chi connectivity index (χ1n) is 4.07. The van der Waals surface area contributed by atoms with E-state index < -0.39 is 8.15 Å². The Kier molecular flexibility index (Phi) is 4.57. The molecule has 14 heavy (non-hydrogen) atoms. The van der Waals surface area contributed by atoms with Crippen LogP contribution in [0, 0.1) is 0 Å². The zero-order valence-corrected chi connectivity index (χ0v) is 9.00. The van der Waals surface area contributed by atoms with E-state index in [0.29, 0.717) is 0 Å². The molecule has 1 aromatic rings. The van der Waals surface area contributed by atoms with Crippen LogP contribution in [0.25, 0.3) is 0 Å². The molecule has 1 rings (SSSR count). The molecule has 2 nitrogen and oxygen atoms in total. The first-order valence-corrected chi connectivity index (χ1v) is 5.33. The molecule has 4 heteroatoms. The molecule has 0 amide bonds. The van der Waals surface area contributed by atoms with E-state index in [2.05, 4.69) is 4.74 Å². The highest BCUT2D eigenvalue weighted by Crippen LogP contribution is 2.44. The van der Waals surface area contributed by atoms with Gasteiger partial charge in [0.1, 0.15) is 14.4 Å². The zero-order valence-electron chi connectivity index (χ0n) is 8.11. The van der Waals surface area contributed by atoms with Crippen LogP contribution in [0.5, 0.6) is 0 Å². The molecule has 0 aliphatic rings. The molecule has 0 radical (unpaired) electrons. The molecule has 0 saturated heterocycles. The molecule has 0 spiro atoms. The quantitative estimate of drug-likeness (QED) is 0.566. The van der Waals surface area contributed by atoms with Gasteiger partial charge in [-0.3, -0.25) is 0 Å². The lowest BCUT2D eigenvalue weighted by Crippen LogP contribution is -2.01. The second-order valence-electron chi connectivity index (χ2n) is 2.49. The fourth-order valence-electron chi connectivity index (χ4n) is 1.02. The molecule has 0 aliphatic heterocycles. The lowest BCUT2D eigenvalue weighted by atomic mass is 10.4. The van der Waals surface area contributed by atoms with Gasteiger partial charge >= 0.3 is 0 Å². The Morgan fingerprint density at radius 1 is 1.29 bits per heavy atom. The monoisotopic (exact) mass is 214 g/mol. The van der Waals surface area contributed by atoms with E-state index in [-0.39, 0.29) is 5.57 Å². The molecule has 0 fully saturated rings. The summed E-state index contributed by atoms with van der Waals surface area (Å²) in [6.45, 7) is 0. The van der Waals surface area contributed by atoms with Crippen LogP contribution in [0.3, 0.4) is 0 Å². The van der Waals surface area contributed by atoms with Gasteiger partial charge < -0.3 is 9.26 Å². The predicted octanol–water partition coefficient (Wildman–Crippen LogP) is 2.77. The van der Waals surface area contributed by atoms with Crippen molar-refractivity contribution in [1.82, 2.24) is 0 Å². The fourth-order valence-corrected chi connectivity index (χ4v) is 2.30. The van der Waals surface area contributed by atoms with Gasteiger partial charge in [0.2, 0.25) is 0 Å². The summed E-state index contributed by atoms with van der Waals surface area (Å²) >= 11 is 0. The third-order valence-corrected chi connectivity index (χ3v) is 3.21. The van der Waals surface area contributed by atoms with Gasteiger partial charge in [-0.15, -0.1) is 0 Å². The number of methoxy groups -OCH3 is 1. The number of ether oxygens (including phenoxy) is 1. The van der Waals surface area contributed by atoms with Crippen molar-refractivity contribution in [3.63, 3.8) is 0 Å². The van der Waals surface area contributed by atoms with Crippen molar-refractivity contribution >= 4 is 13.5 Å². The van der Waals surface area contributed by atoms with E-state index in [9.17, 15) is 4.39 Å². The van der Waals surface area contributed by atoms with Gasteiger partial charge in [-0.05, 0) is 0 Å². The minimum absolute atomic E-state index is 0.379. The minimum atomic E-state index is -1.35. The molecule has 1 aromatic carbocycles. The Morgan fingerprint density at radius 2 is 1.93 bits per heavy atom.